The monoisotopic (exact) mass is 320 g/mol. The van der Waals surface area contributed by atoms with Crippen molar-refractivity contribution >= 4 is 45.0 Å². The lowest BCUT2D eigenvalue weighted by atomic mass is 10.2. The molecule has 0 atom stereocenters. The van der Waals surface area contributed by atoms with Crippen molar-refractivity contribution < 1.29 is 4.79 Å². The highest BCUT2D eigenvalue weighted by Gasteiger charge is 2.09. The van der Waals surface area contributed by atoms with Crippen LogP contribution in [-0.2, 0) is 11.2 Å². The van der Waals surface area contributed by atoms with Gasteiger partial charge in [-0.2, -0.15) is 0 Å². The molecular weight excluding hydrogens is 308 g/mol. The second kappa shape index (κ2) is 6.30. The molecule has 3 aromatic heterocycles. The minimum absolute atomic E-state index is 0.0190. The van der Waals surface area contributed by atoms with E-state index in [1.54, 1.807) is 22.7 Å². The average molecular weight is 320 g/mol. The van der Waals surface area contributed by atoms with Crippen LogP contribution >= 0.6 is 34.0 Å². The second-order valence-electron chi connectivity index (χ2n) is 4.14. The van der Waals surface area contributed by atoms with Gasteiger partial charge in [-0.05, 0) is 29.3 Å². The fourth-order valence-corrected chi connectivity index (χ4v) is 3.94. The maximum Gasteiger partial charge on any atom is 0.226 e. The standard InChI is InChI=1S/C14H12N2OS3/c17-13(6-5-10-3-1-7-18-10)16-14-15-11(9-20-14)12-4-2-8-19-12/h1-4,7-9H,5-6H2,(H,15,16,17). The van der Waals surface area contributed by atoms with Crippen LogP contribution in [0.3, 0.4) is 0 Å². The van der Waals surface area contributed by atoms with Crippen molar-refractivity contribution in [2.24, 2.45) is 0 Å². The number of hydrogen-bond acceptors (Lipinski definition) is 5. The smallest absolute Gasteiger partial charge is 0.226 e. The van der Waals surface area contributed by atoms with Crippen LogP contribution in [0.2, 0.25) is 0 Å². The van der Waals surface area contributed by atoms with Gasteiger partial charge in [0.15, 0.2) is 5.13 Å². The van der Waals surface area contributed by atoms with Crippen LogP contribution in [-0.4, -0.2) is 10.9 Å². The van der Waals surface area contributed by atoms with Gasteiger partial charge in [-0.3, -0.25) is 4.79 Å². The van der Waals surface area contributed by atoms with Gasteiger partial charge in [-0.15, -0.1) is 34.0 Å². The number of thiophene rings is 2. The van der Waals surface area contributed by atoms with Crippen molar-refractivity contribution in [1.82, 2.24) is 4.98 Å². The molecule has 3 nitrogen and oxygen atoms in total. The number of amides is 1. The van der Waals surface area contributed by atoms with Crippen molar-refractivity contribution in [2.45, 2.75) is 12.8 Å². The molecule has 0 aliphatic heterocycles. The first-order chi connectivity index (χ1) is 9.81. The summed E-state index contributed by atoms with van der Waals surface area (Å²) >= 11 is 4.80. The molecule has 0 spiro atoms. The number of rotatable bonds is 5. The van der Waals surface area contributed by atoms with E-state index in [2.05, 4.69) is 16.4 Å². The Morgan fingerprint density at radius 2 is 2.00 bits per heavy atom. The number of nitrogens with zero attached hydrogens (tertiary/aromatic N) is 1. The van der Waals surface area contributed by atoms with Crippen LogP contribution in [0.15, 0.2) is 40.4 Å². The van der Waals surface area contributed by atoms with Gasteiger partial charge in [0.1, 0.15) is 0 Å². The molecule has 20 heavy (non-hydrogen) atoms. The molecular formula is C14H12N2OS3. The number of aromatic nitrogens is 1. The zero-order valence-corrected chi connectivity index (χ0v) is 13.0. The number of aryl methyl sites for hydroxylation is 1. The van der Waals surface area contributed by atoms with E-state index < -0.39 is 0 Å². The molecule has 0 aromatic carbocycles. The Hall–Kier alpha value is -1.50. The molecule has 0 unspecified atom stereocenters. The van der Waals surface area contributed by atoms with Crippen LogP contribution in [0.25, 0.3) is 10.6 Å². The first kappa shape index (κ1) is 13.5. The molecule has 0 radical (unpaired) electrons. The van der Waals surface area contributed by atoms with E-state index >= 15 is 0 Å². The molecule has 0 aliphatic carbocycles. The van der Waals surface area contributed by atoms with Crippen LogP contribution < -0.4 is 5.32 Å². The van der Waals surface area contributed by atoms with Gasteiger partial charge in [-0.1, -0.05) is 12.1 Å². The van der Waals surface area contributed by atoms with Crippen LogP contribution in [0.5, 0.6) is 0 Å². The molecule has 0 bridgehead atoms. The average Bonchev–Trinajstić information content (AvgIpc) is 3.18. The molecule has 6 heteroatoms. The highest BCUT2D eigenvalue weighted by molar-refractivity contribution is 7.16. The third-order valence-electron chi connectivity index (χ3n) is 2.70. The van der Waals surface area contributed by atoms with Gasteiger partial charge in [0.05, 0.1) is 10.6 Å². The third-order valence-corrected chi connectivity index (χ3v) is 5.29. The third kappa shape index (κ3) is 3.33. The Kier molecular flexibility index (Phi) is 4.25. The molecule has 0 aliphatic rings. The zero-order valence-electron chi connectivity index (χ0n) is 10.5. The van der Waals surface area contributed by atoms with Gasteiger partial charge < -0.3 is 5.32 Å². The number of nitrogens with one attached hydrogen (secondary N) is 1. The summed E-state index contributed by atoms with van der Waals surface area (Å²) in [5.41, 5.74) is 0.929. The maximum absolute atomic E-state index is 11.9. The molecule has 3 aromatic rings. The SMILES string of the molecule is O=C(CCc1cccs1)Nc1nc(-c2cccs2)cs1. The van der Waals surface area contributed by atoms with Crippen molar-refractivity contribution in [2.75, 3.05) is 5.32 Å². The molecule has 102 valence electrons. The minimum Gasteiger partial charge on any atom is -0.302 e. The molecule has 1 amide bonds. The molecule has 0 fully saturated rings. The zero-order chi connectivity index (χ0) is 13.8. The first-order valence-electron chi connectivity index (χ1n) is 6.13. The lowest BCUT2D eigenvalue weighted by molar-refractivity contribution is -0.116. The number of anilines is 1. The van der Waals surface area contributed by atoms with Gasteiger partial charge >= 0.3 is 0 Å². The van der Waals surface area contributed by atoms with E-state index in [0.29, 0.717) is 11.6 Å². The van der Waals surface area contributed by atoms with Crippen molar-refractivity contribution in [3.63, 3.8) is 0 Å². The predicted molar refractivity (Wildman–Crippen MR) is 86.7 cm³/mol. The topological polar surface area (TPSA) is 42.0 Å². The summed E-state index contributed by atoms with van der Waals surface area (Å²) in [4.78, 5) is 18.7. The largest absolute Gasteiger partial charge is 0.302 e. The second-order valence-corrected chi connectivity index (χ2v) is 6.98. The maximum atomic E-state index is 11.9. The molecule has 3 rings (SSSR count). The minimum atomic E-state index is 0.0190. The van der Waals surface area contributed by atoms with Crippen LogP contribution in [0.1, 0.15) is 11.3 Å². The quantitative estimate of drug-likeness (QED) is 0.752. The summed E-state index contributed by atoms with van der Waals surface area (Å²) in [5, 5.41) is 9.56. The lowest BCUT2D eigenvalue weighted by Crippen LogP contribution is -2.11. The fourth-order valence-electron chi connectivity index (χ4n) is 1.74. The first-order valence-corrected chi connectivity index (χ1v) is 8.77. The summed E-state index contributed by atoms with van der Waals surface area (Å²) in [6.45, 7) is 0. The normalized spacial score (nSPS) is 10.6. The molecule has 1 N–H and O–H groups in total. The van der Waals surface area contributed by atoms with E-state index in [0.717, 1.165) is 17.0 Å². The molecule has 0 saturated carbocycles. The summed E-state index contributed by atoms with van der Waals surface area (Å²) < 4.78 is 0. The van der Waals surface area contributed by atoms with Crippen LogP contribution in [0.4, 0.5) is 5.13 Å². The summed E-state index contributed by atoms with van der Waals surface area (Å²) in [5.74, 6) is 0.0190. The van der Waals surface area contributed by atoms with Crippen LogP contribution in [0, 0.1) is 0 Å². The van der Waals surface area contributed by atoms with E-state index in [1.165, 1.54) is 16.2 Å². The van der Waals surface area contributed by atoms with E-state index in [-0.39, 0.29) is 5.91 Å². The Labute approximate surface area is 128 Å². The Bertz CT molecular complexity index is 671. The highest BCUT2D eigenvalue weighted by atomic mass is 32.1. The number of carbonyl (C=O) groups excluding carboxylic acids is 1. The Morgan fingerprint density at radius 3 is 2.75 bits per heavy atom. The van der Waals surface area contributed by atoms with Crippen molar-refractivity contribution in [3.05, 3.63) is 45.3 Å². The molecule has 3 heterocycles. The summed E-state index contributed by atoms with van der Waals surface area (Å²) in [6.07, 6.45) is 1.28. The van der Waals surface area contributed by atoms with E-state index in [1.807, 2.05) is 34.3 Å². The van der Waals surface area contributed by atoms with Crippen molar-refractivity contribution in [3.8, 4) is 10.6 Å². The number of hydrogen-bond donors (Lipinski definition) is 1. The Balaban J connectivity index is 1.56. The van der Waals surface area contributed by atoms with Gasteiger partial charge in [0, 0.05) is 16.7 Å². The van der Waals surface area contributed by atoms with Gasteiger partial charge in [-0.25, -0.2) is 4.98 Å². The number of carbonyl (C=O) groups is 1. The lowest BCUT2D eigenvalue weighted by Gasteiger charge is -2.00. The number of thiazole rings is 1. The predicted octanol–water partition coefficient (Wildman–Crippen LogP) is 4.50. The van der Waals surface area contributed by atoms with E-state index in [9.17, 15) is 4.79 Å². The van der Waals surface area contributed by atoms with E-state index in [4.69, 9.17) is 0 Å². The molecule has 0 saturated heterocycles. The highest BCUT2D eigenvalue weighted by Crippen LogP contribution is 2.28. The fraction of sp³-hybridized carbons (Fsp3) is 0.143. The van der Waals surface area contributed by atoms with Gasteiger partial charge in [0.25, 0.3) is 0 Å². The van der Waals surface area contributed by atoms with Crippen molar-refractivity contribution in [1.29, 1.82) is 0 Å². The summed E-state index contributed by atoms with van der Waals surface area (Å²) in [6, 6.07) is 8.09. The Morgan fingerprint density at radius 1 is 1.15 bits per heavy atom. The van der Waals surface area contributed by atoms with Gasteiger partial charge in [0.2, 0.25) is 5.91 Å². The summed E-state index contributed by atoms with van der Waals surface area (Å²) in [7, 11) is 0.